The molecule has 1 amide bonds. The lowest BCUT2D eigenvalue weighted by atomic mass is 10.2. The van der Waals surface area contributed by atoms with Gasteiger partial charge in [0.2, 0.25) is 0 Å². The van der Waals surface area contributed by atoms with Crippen molar-refractivity contribution >= 4 is 31.7 Å². The summed E-state index contributed by atoms with van der Waals surface area (Å²) in [5.41, 5.74) is 0.965. The molecule has 3 rings (SSSR count). The van der Waals surface area contributed by atoms with Crippen molar-refractivity contribution in [2.24, 2.45) is 0 Å². The Labute approximate surface area is 166 Å². The number of carbonyl (C=O) groups excluding carboxylic acids is 1. The summed E-state index contributed by atoms with van der Waals surface area (Å²) in [5.74, 6) is -0.258. The van der Waals surface area contributed by atoms with Crippen molar-refractivity contribution < 1.29 is 17.6 Å². The van der Waals surface area contributed by atoms with E-state index in [0.29, 0.717) is 6.54 Å². The molecule has 0 bridgehead atoms. The number of amides is 1. The number of hydrogen-bond donors (Lipinski definition) is 0. The normalized spacial score (nSPS) is 11.3. The minimum absolute atomic E-state index is 0.114. The van der Waals surface area contributed by atoms with E-state index in [4.69, 9.17) is 4.42 Å². The topological polar surface area (TPSA) is 67.6 Å². The summed E-state index contributed by atoms with van der Waals surface area (Å²) in [6, 6.07) is 18.8. The molecule has 0 fully saturated rings. The van der Waals surface area contributed by atoms with Crippen molar-refractivity contribution in [1.29, 1.82) is 0 Å². The zero-order chi connectivity index (χ0) is 19.4. The van der Waals surface area contributed by atoms with Crippen molar-refractivity contribution in [3.05, 3.63) is 88.3 Å². The number of nitrogens with zero attached hydrogens (tertiary/aromatic N) is 1. The summed E-state index contributed by atoms with van der Waals surface area (Å²) in [6.45, 7) is 0.401. The molecule has 0 saturated heterocycles. The van der Waals surface area contributed by atoms with Crippen molar-refractivity contribution in [1.82, 2.24) is 4.90 Å². The highest BCUT2D eigenvalue weighted by Crippen LogP contribution is 2.21. The molecular weight excluding hydrogens is 430 g/mol. The van der Waals surface area contributed by atoms with Crippen LogP contribution in [0, 0.1) is 0 Å². The van der Waals surface area contributed by atoms with Crippen molar-refractivity contribution in [3.63, 3.8) is 0 Å². The largest absolute Gasteiger partial charge is 0.455 e. The molecule has 0 radical (unpaired) electrons. The zero-order valence-corrected chi connectivity index (χ0v) is 17.0. The monoisotopic (exact) mass is 447 g/mol. The van der Waals surface area contributed by atoms with E-state index in [1.54, 1.807) is 25.2 Å². The van der Waals surface area contributed by atoms with Crippen LogP contribution in [-0.4, -0.2) is 26.3 Å². The Bertz CT molecular complexity index is 1040. The van der Waals surface area contributed by atoms with E-state index in [1.165, 1.54) is 29.2 Å². The van der Waals surface area contributed by atoms with Gasteiger partial charge in [0.1, 0.15) is 11.5 Å². The fourth-order valence-electron chi connectivity index (χ4n) is 2.61. The van der Waals surface area contributed by atoms with Crippen LogP contribution in [0.2, 0.25) is 0 Å². The van der Waals surface area contributed by atoms with Crippen LogP contribution in [0.3, 0.4) is 0 Å². The van der Waals surface area contributed by atoms with Gasteiger partial charge < -0.3 is 9.32 Å². The SMILES string of the molecule is CN(Cc1ccccc1Br)C(=O)c1ccc(CS(=O)(=O)c2ccccc2)o1. The summed E-state index contributed by atoms with van der Waals surface area (Å²) >= 11 is 3.46. The predicted molar refractivity (Wildman–Crippen MR) is 106 cm³/mol. The van der Waals surface area contributed by atoms with Gasteiger partial charge >= 0.3 is 0 Å². The highest BCUT2D eigenvalue weighted by atomic mass is 79.9. The van der Waals surface area contributed by atoms with Gasteiger partial charge in [-0.25, -0.2) is 8.42 Å². The molecule has 0 aliphatic carbocycles. The summed E-state index contributed by atoms with van der Waals surface area (Å²) in [7, 11) is -1.85. The minimum Gasteiger partial charge on any atom is -0.455 e. The lowest BCUT2D eigenvalue weighted by Crippen LogP contribution is -2.25. The second kappa shape index (κ2) is 8.10. The standard InChI is InChI=1S/C20H18BrNO4S/c1-22(13-15-7-5-6-10-18(15)21)20(23)19-12-11-16(26-19)14-27(24,25)17-8-3-2-4-9-17/h2-12H,13-14H2,1H3. The number of benzene rings is 2. The van der Waals surface area contributed by atoms with Gasteiger partial charge in [0, 0.05) is 18.1 Å². The average molecular weight is 448 g/mol. The lowest BCUT2D eigenvalue weighted by molar-refractivity contribution is 0.0751. The smallest absolute Gasteiger partial charge is 0.289 e. The van der Waals surface area contributed by atoms with Crippen molar-refractivity contribution in [2.45, 2.75) is 17.2 Å². The number of sulfone groups is 1. The third-order valence-electron chi connectivity index (χ3n) is 4.02. The maximum absolute atomic E-state index is 12.6. The summed E-state index contributed by atoms with van der Waals surface area (Å²) in [4.78, 5) is 14.3. The number of halogens is 1. The van der Waals surface area contributed by atoms with E-state index < -0.39 is 9.84 Å². The summed E-state index contributed by atoms with van der Waals surface area (Å²) < 4.78 is 31.3. The quantitative estimate of drug-likeness (QED) is 0.565. The third kappa shape index (κ3) is 4.67. The highest BCUT2D eigenvalue weighted by molar-refractivity contribution is 9.10. The first-order valence-electron chi connectivity index (χ1n) is 8.22. The van der Waals surface area contributed by atoms with E-state index >= 15 is 0 Å². The molecule has 3 aromatic rings. The van der Waals surface area contributed by atoms with E-state index in [9.17, 15) is 13.2 Å². The maximum Gasteiger partial charge on any atom is 0.289 e. The summed E-state index contributed by atoms with van der Waals surface area (Å²) in [5, 5.41) is 0. The molecule has 7 heteroatoms. The number of rotatable bonds is 6. The lowest BCUT2D eigenvalue weighted by Gasteiger charge is -2.16. The van der Waals surface area contributed by atoms with Crippen LogP contribution in [0.4, 0.5) is 0 Å². The van der Waals surface area contributed by atoms with Gasteiger partial charge in [-0.05, 0) is 35.9 Å². The Hall–Kier alpha value is -2.38. The van der Waals surface area contributed by atoms with Gasteiger partial charge in [-0.15, -0.1) is 0 Å². The Balaban J connectivity index is 1.71. The number of hydrogen-bond acceptors (Lipinski definition) is 4. The minimum atomic E-state index is -3.52. The molecule has 5 nitrogen and oxygen atoms in total. The fourth-order valence-corrected chi connectivity index (χ4v) is 4.29. The molecule has 140 valence electrons. The van der Waals surface area contributed by atoms with Gasteiger partial charge in [-0.2, -0.15) is 0 Å². The molecule has 0 atom stereocenters. The first kappa shape index (κ1) is 19.4. The van der Waals surface area contributed by atoms with E-state index in [-0.39, 0.29) is 28.1 Å². The zero-order valence-electron chi connectivity index (χ0n) is 14.6. The fraction of sp³-hybridized carbons (Fsp3) is 0.150. The molecule has 1 heterocycles. The second-order valence-electron chi connectivity index (χ2n) is 6.09. The van der Waals surface area contributed by atoms with Gasteiger partial charge in [0.25, 0.3) is 5.91 Å². The first-order valence-corrected chi connectivity index (χ1v) is 10.7. The Morgan fingerprint density at radius 1 is 1.00 bits per heavy atom. The molecule has 0 spiro atoms. The number of furan rings is 1. The van der Waals surface area contributed by atoms with Gasteiger partial charge in [0.05, 0.1) is 4.90 Å². The van der Waals surface area contributed by atoms with E-state index in [0.717, 1.165) is 10.0 Å². The van der Waals surface area contributed by atoms with Crippen LogP contribution in [0.5, 0.6) is 0 Å². The van der Waals surface area contributed by atoms with E-state index in [2.05, 4.69) is 15.9 Å². The Kier molecular flexibility index (Phi) is 5.82. The third-order valence-corrected chi connectivity index (χ3v) is 6.45. The molecule has 0 unspecified atom stereocenters. The molecule has 0 saturated carbocycles. The molecule has 0 aliphatic heterocycles. The Morgan fingerprint density at radius 3 is 2.37 bits per heavy atom. The first-order chi connectivity index (χ1) is 12.9. The molecule has 0 N–H and O–H groups in total. The van der Waals surface area contributed by atoms with Crippen LogP contribution in [0.15, 0.2) is 80.5 Å². The maximum atomic E-state index is 12.6. The van der Waals surface area contributed by atoms with Crippen LogP contribution in [0.1, 0.15) is 21.9 Å². The Morgan fingerprint density at radius 2 is 1.67 bits per heavy atom. The van der Waals surface area contributed by atoms with Crippen LogP contribution >= 0.6 is 15.9 Å². The van der Waals surface area contributed by atoms with Gasteiger partial charge in [0.15, 0.2) is 15.6 Å². The van der Waals surface area contributed by atoms with Crippen LogP contribution < -0.4 is 0 Å². The molecule has 2 aromatic carbocycles. The molecular formula is C20H18BrNO4S. The van der Waals surface area contributed by atoms with Crippen molar-refractivity contribution in [2.75, 3.05) is 7.05 Å². The van der Waals surface area contributed by atoms with Gasteiger partial charge in [-0.1, -0.05) is 52.3 Å². The number of carbonyl (C=O) groups is 1. The molecule has 27 heavy (non-hydrogen) atoms. The predicted octanol–water partition coefficient (Wildman–Crippen LogP) is 4.29. The molecule has 1 aromatic heterocycles. The second-order valence-corrected chi connectivity index (χ2v) is 8.93. The highest BCUT2D eigenvalue weighted by Gasteiger charge is 2.21. The van der Waals surface area contributed by atoms with Crippen molar-refractivity contribution in [3.8, 4) is 0 Å². The average Bonchev–Trinajstić information content (AvgIpc) is 3.11. The van der Waals surface area contributed by atoms with E-state index in [1.807, 2.05) is 24.3 Å². The van der Waals surface area contributed by atoms with Crippen LogP contribution in [0.25, 0.3) is 0 Å². The van der Waals surface area contributed by atoms with Gasteiger partial charge in [-0.3, -0.25) is 4.79 Å². The molecule has 0 aliphatic rings. The van der Waals surface area contributed by atoms with Crippen LogP contribution in [-0.2, 0) is 22.1 Å². The summed E-state index contributed by atoms with van der Waals surface area (Å²) in [6.07, 6.45) is 0.